The molecule has 0 saturated carbocycles. The third-order valence-electron chi connectivity index (χ3n) is 5.19. The Morgan fingerprint density at radius 1 is 1.03 bits per heavy atom. The van der Waals surface area contributed by atoms with Crippen molar-refractivity contribution in [3.63, 3.8) is 0 Å². The van der Waals surface area contributed by atoms with Crippen molar-refractivity contribution < 1.29 is 18.6 Å². The highest BCUT2D eigenvalue weighted by Gasteiger charge is 2.15. The summed E-state index contributed by atoms with van der Waals surface area (Å²) in [5.74, 6) is 2.05. The van der Waals surface area contributed by atoms with Gasteiger partial charge in [-0.1, -0.05) is 12.1 Å². The second-order valence-electron chi connectivity index (χ2n) is 7.18. The third-order valence-corrected chi connectivity index (χ3v) is 5.19. The lowest BCUT2D eigenvalue weighted by Gasteiger charge is -2.29. The lowest BCUT2D eigenvalue weighted by atomic mass is 10.1. The SMILES string of the molecule is CN=C(NCCc1ccc2c(c1)OCO2)NCc1ccc(N2CCOCC2)c(F)c1. The maximum atomic E-state index is 14.6. The number of hydrogen-bond acceptors (Lipinski definition) is 5. The van der Waals surface area contributed by atoms with Crippen molar-refractivity contribution in [2.75, 3.05) is 51.6 Å². The lowest BCUT2D eigenvalue weighted by Crippen LogP contribution is -2.38. The summed E-state index contributed by atoms with van der Waals surface area (Å²) in [5, 5.41) is 6.52. The number of morpholine rings is 1. The van der Waals surface area contributed by atoms with Crippen LogP contribution in [0.3, 0.4) is 0 Å². The van der Waals surface area contributed by atoms with Crippen molar-refractivity contribution in [1.82, 2.24) is 10.6 Å². The van der Waals surface area contributed by atoms with Gasteiger partial charge in [0.25, 0.3) is 0 Å². The summed E-state index contributed by atoms with van der Waals surface area (Å²) >= 11 is 0. The summed E-state index contributed by atoms with van der Waals surface area (Å²) in [6, 6.07) is 11.3. The molecule has 0 unspecified atom stereocenters. The van der Waals surface area contributed by atoms with E-state index in [1.165, 1.54) is 0 Å². The Labute approximate surface area is 175 Å². The number of aliphatic imine (C=N–C) groups is 1. The minimum Gasteiger partial charge on any atom is -0.454 e. The molecule has 8 heteroatoms. The standard InChI is InChI=1S/C22H27FN4O3/c1-24-22(25-7-6-16-3-5-20-21(13-16)30-15-29-20)26-14-17-2-4-19(18(23)12-17)27-8-10-28-11-9-27/h2-5,12-13H,6-11,14-15H2,1H3,(H2,24,25,26). The van der Waals surface area contributed by atoms with Crippen LogP contribution >= 0.6 is 0 Å². The van der Waals surface area contributed by atoms with Crippen LogP contribution < -0.4 is 25.0 Å². The fourth-order valence-electron chi connectivity index (χ4n) is 3.55. The van der Waals surface area contributed by atoms with Gasteiger partial charge in [0, 0.05) is 33.2 Å². The molecule has 2 aromatic rings. The minimum absolute atomic E-state index is 0.207. The number of nitrogens with one attached hydrogen (secondary N) is 2. The van der Waals surface area contributed by atoms with Crippen molar-refractivity contribution in [3.05, 3.63) is 53.3 Å². The summed E-state index contributed by atoms with van der Waals surface area (Å²) in [6.07, 6.45) is 0.820. The van der Waals surface area contributed by atoms with E-state index in [1.54, 1.807) is 13.1 Å². The van der Waals surface area contributed by atoms with Crippen LogP contribution in [0.25, 0.3) is 0 Å². The van der Waals surface area contributed by atoms with E-state index in [4.69, 9.17) is 14.2 Å². The lowest BCUT2D eigenvalue weighted by molar-refractivity contribution is 0.122. The van der Waals surface area contributed by atoms with Gasteiger partial charge < -0.3 is 29.7 Å². The van der Waals surface area contributed by atoms with Gasteiger partial charge in [-0.15, -0.1) is 0 Å². The number of anilines is 1. The van der Waals surface area contributed by atoms with E-state index in [-0.39, 0.29) is 12.6 Å². The molecule has 0 amide bonds. The first-order chi connectivity index (χ1) is 14.7. The van der Waals surface area contributed by atoms with Crippen LogP contribution in [0.15, 0.2) is 41.4 Å². The summed E-state index contributed by atoms with van der Waals surface area (Å²) in [6.45, 7) is 4.19. The van der Waals surface area contributed by atoms with Crippen LogP contribution in [-0.2, 0) is 17.7 Å². The van der Waals surface area contributed by atoms with E-state index in [0.717, 1.165) is 29.0 Å². The highest BCUT2D eigenvalue weighted by molar-refractivity contribution is 5.79. The van der Waals surface area contributed by atoms with Gasteiger partial charge in [-0.25, -0.2) is 4.39 Å². The predicted molar refractivity (Wildman–Crippen MR) is 114 cm³/mol. The second-order valence-corrected chi connectivity index (χ2v) is 7.18. The van der Waals surface area contributed by atoms with Crippen LogP contribution in [0.4, 0.5) is 10.1 Å². The monoisotopic (exact) mass is 414 g/mol. The molecule has 0 aromatic heterocycles. The molecule has 2 aliphatic heterocycles. The van der Waals surface area contributed by atoms with E-state index < -0.39 is 0 Å². The Balaban J connectivity index is 1.25. The molecule has 0 bridgehead atoms. The van der Waals surface area contributed by atoms with Crippen LogP contribution in [0.2, 0.25) is 0 Å². The molecule has 30 heavy (non-hydrogen) atoms. The molecule has 2 N–H and O–H groups in total. The molecule has 0 aliphatic carbocycles. The maximum absolute atomic E-state index is 14.6. The first-order valence-corrected chi connectivity index (χ1v) is 10.2. The molecule has 4 rings (SSSR count). The molecule has 2 heterocycles. The first kappa shape index (κ1) is 20.3. The van der Waals surface area contributed by atoms with Crippen molar-refractivity contribution in [2.45, 2.75) is 13.0 Å². The molecule has 2 aromatic carbocycles. The zero-order valence-electron chi connectivity index (χ0n) is 17.1. The van der Waals surface area contributed by atoms with Crippen LogP contribution in [0.1, 0.15) is 11.1 Å². The number of benzene rings is 2. The maximum Gasteiger partial charge on any atom is 0.231 e. The smallest absolute Gasteiger partial charge is 0.231 e. The molecular weight excluding hydrogens is 387 g/mol. The molecule has 0 spiro atoms. The third kappa shape index (κ3) is 4.94. The summed E-state index contributed by atoms with van der Waals surface area (Å²) < 4.78 is 30.6. The second kappa shape index (κ2) is 9.67. The van der Waals surface area contributed by atoms with Gasteiger partial charge in [-0.3, -0.25) is 4.99 Å². The van der Waals surface area contributed by atoms with Crippen molar-refractivity contribution in [1.29, 1.82) is 0 Å². The number of ether oxygens (including phenoxy) is 3. The van der Waals surface area contributed by atoms with Crippen molar-refractivity contribution >= 4 is 11.6 Å². The fourth-order valence-corrected chi connectivity index (χ4v) is 3.55. The number of rotatable bonds is 6. The van der Waals surface area contributed by atoms with E-state index in [1.807, 2.05) is 35.2 Å². The zero-order chi connectivity index (χ0) is 20.8. The van der Waals surface area contributed by atoms with Crippen LogP contribution in [-0.4, -0.2) is 52.6 Å². The number of fused-ring (bicyclic) bond motifs is 1. The highest BCUT2D eigenvalue weighted by atomic mass is 19.1. The fraction of sp³-hybridized carbons (Fsp3) is 0.409. The number of halogens is 1. The Kier molecular flexibility index (Phi) is 6.53. The molecule has 0 radical (unpaired) electrons. The average molecular weight is 414 g/mol. The van der Waals surface area contributed by atoms with Crippen LogP contribution in [0.5, 0.6) is 11.5 Å². The summed E-state index contributed by atoms with van der Waals surface area (Å²) in [4.78, 5) is 6.26. The number of guanidine groups is 1. The molecule has 7 nitrogen and oxygen atoms in total. The Hall–Kier alpha value is -3.00. The predicted octanol–water partition coefficient (Wildman–Crippen LogP) is 2.30. The normalized spacial score (nSPS) is 15.9. The molecule has 2 aliphatic rings. The Morgan fingerprint density at radius 3 is 2.63 bits per heavy atom. The zero-order valence-corrected chi connectivity index (χ0v) is 17.1. The topological polar surface area (TPSA) is 67.4 Å². The van der Waals surface area contributed by atoms with E-state index in [0.29, 0.717) is 51.0 Å². The van der Waals surface area contributed by atoms with Gasteiger partial charge in [-0.05, 0) is 41.8 Å². The molecule has 160 valence electrons. The highest BCUT2D eigenvalue weighted by Crippen LogP contribution is 2.32. The van der Waals surface area contributed by atoms with Gasteiger partial charge in [0.05, 0.1) is 18.9 Å². The summed E-state index contributed by atoms with van der Waals surface area (Å²) in [5.41, 5.74) is 2.65. The summed E-state index contributed by atoms with van der Waals surface area (Å²) in [7, 11) is 1.72. The van der Waals surface area contributed by atoms with E-state index in [9.17, 15) is 4.39 Å². The molecular formula is C22H27FN4O3. The Morgan fingerprint density at radius 2 is 1.83 bits per heavy atom. The minimum atomic E-state index is -0.207. The first-order valence-electron chi connectivity index (χ1n) is 10.2. The van der Waals surface area contributed by atoms with Gasteiger partial charge in [0.15, 0.2) is 17.5 Å². The molecule has 0 atom stereocenters. The van der Waals surface area contributed by atoms with E-state index >= 15 is 0 Å². The molecule has 1 fully saturated rings. The van der Waals surface area contributed by atoms with Gasteiger partial charge >= 0.3 is 0 Å². The van der Waals surface area contributed by atoms with E-state index in [2.05, 4.69) is 15.6 Å². The largest absolute Gasteiger partial charge is 0.454 e. The van der Waals surface area contributed by atoms with Crippen molar-refractivity contribution in [2.24, 2.45) is 4.99 Å². The average Bonchev–Trinajstić information content (AvgIpc) is 3.25. The number of hydrogen-bond donors (Lipinski definition) is 2. The van der Waals surface area contributed by atoms with Crippen LogP contribution in [0, 0.1) is 5.82 Å². The van der Waals surface area contributed by atoms with Crippen molar-refractivity contribution in [3.8, 4) is 11.5 Å². The Bertz CT molecular complexity index is 900. The van der Waals surface area contributed by atoms with Gasteiger partial charge in [0.2, 0.25) is 6.79 Å². The van der Waals surface area contributed by atoms with Gasteiger partial charge in [0.1, 0.15) is 5.82 Å². The van der Waals surface area contributed by atoms with Gasteiger partial charge in [-0.2, -0.15) is 0 Å². The molecule has 1 saturated heterocycles. The number of nitrogens with zero attached hydrogens (tertiary/aromatic N) is 2. The quantitative estimate of drug-likeness (QED) is 0.559.